The van der Waals surface area contributed by atoms with Gasteiger partial charge in [-0.2, -0.15) is 0 Å². The lowest BCUT2D eigenvalue weighted by atomic mass is 9.86. The maximum atomic E-state index is 11.4. The van der Waals surface area contributed by atoms with Crippen molar-refractivity contribution < 1.29 is 9.90 Å². The number of nitrogens with zero attached hydrogens (tertiary/aromatic N) is 1. The lowest BCUT2D eigenvalue weighted by Crippen LogP contribution is -2.46. The molecule has 1 unspecified atom stereocenters. The normalized spacial score (nSPS) is 20.1. The van der Waals surface area contributed by atoms with Crippen molar-refractivity contribution in [3.05, 3.63) is 34.3 Å². The van der Waals surface area contributed by atoms with Gasteiger partial charge in [-0.3, -0.25) is 9.69 Å². The van der Waals surface area contributed by atoms with Gasteiger partial charge >= 0.3 is 5.97 Å². The second-order valence-electron chi connectivity index (χ2n) is 5.73. The van der Waals surface area contributed by atoms with Crippen molar-refractivity contribution in [3.63, 3.8) is 0 Å². The summed E-state index contributed by atoms with van der Waals surface area (Å²) < 4.78 is 0.994. The quantitative estimate of drug-likeness (QED) is 0.900. The molecule has 0 saturated carbocycles. The summed E-state index contributed by atoms with van der Waals surface area (Å²) in [5.74, 6) is -0.743. The number of carboxylic acid groups (broad SMARTS) is 1. The van der Waals surface area contributed by atoms with Gasteiger partial charge in [-0.05, 0) is 44.5 Å². The fourth-order valence-electron chi connectivity index (χ4n) is 3.13. The summed E-state index contributed by atoms with van der Waals surface area (Å²) in [6, 6.07) is 7.99. The molecule has 0 aromatic heterocycles. The van der Waals surface area contributed by atoms with Gasteiger partial charge in [0.15, 0.2) is 0 Å². The molecule has 2 rings (SSSR count). The summed E-state index contributed by atoms with van der Waals surface area (Å²) in [6.45, 7) is 4.02. The Morgan fingerprint density at radius 3 is 2.40 bits per heavy atom. The molecule has 110 valence electrons. The highest BCUT2D eigenvalue weighted by molar-refractivity contribution is 9.10. The van der Waals surface area contributed by atoms with E-state index in [0.29, 0.717) is 0 Å². The molecule has 20 heavy (non-hydrogen) atoms. The van der Waals surface area contributed by atoms with E-state index in [1.54, 1.807) is 0 Å². The Kier molecular flexibility index (Phi) is 5.22. The van der Waals surface area contributed by atoms with Crippen molar-refractivity contribution in [2.75, 3.05) is 13.1 Å². The molecular formula is C16H22BrNO2. The first-order valence-corrected chi connectivity index (χ1v) is 8.05. The molecule has 0 bridgehead atoms. The Hall–Kier alpha value is -0.870. The van der Waals surface area contributed by atoms with E-state index in [0.717, 1.165) is 36.0 Å². The smallest absolute Gasteiger partial charge is 0.305 e. The fourth-order valence-corrected chi connectivity index (χ4v) is 3.85. The molecule has 3 nitrogen and oxygen atoms in total. The molecule has 1 fully saturated rings. The number of carboxylic acids is 1. The molecule has 1 aliphatic rings. The van der Waals surface area contributed by atoms with Crippen LogP contribution in [-0.4, -0.2) is 29.1 Å². The van der Waals surface area contributed by atoms with E-state index in [1.165, 1.54) is 12.8 Å². The van der Waals surface area contributed by atoms with Crippen LogP contribution in [0.25, 0.3) is 0 Å². The van der Waals surface area contributed by atoms with Gasteiger partial charge < -0.3 is 5.11 Å². The number of rotatable bonds is 4. The minimum absolute atomic E-state index is 0.135. The fraction of sp³-hybridized carbons (Fsp3) is 0.562. The lowest BCUT2D eigenvalue weighted by molar-refractivity contribution is -0.140. The Labute approximate surface area is 129 Å². The first-order valence-electron chi connectivity index (χ1n) is 7.26. The number of hydrogen-bond donors (Lipinski definition) is 1. The van der Waals surface area contributed by atoms with Crippen LogP contribution in [0.15, 0.2) is 28.7 Å². The van der Waals surface area contributed by atoms with Crippen molar-refractivity contribution in [2.24, 2.45) is 0 Å². The van der Waals surface area contributed by atoms with E-state index in [9.17, 15) is 9.90 Å². The molecule has 1 saturated heterocycles. The van der Waals surface area contributed by atoms with Crippen LogP contribution >= 0.6 is 15.9 Å². The molecular weight excluding hydrogens is 318 g/mol. The van der Waals surface area contributed by atoms with Crippen molar-refractivity contribution in [3.8, 4) is 0 Å². The Morgan fingerprint density at radius 2 is 1.85 bits per heavy atom. The lowest BCUT2D eigenvalue weighted by Gasteiger charge is -2.41. The van der Waals surface area contributed by atoms with Gasteiger partial charge in [-0.25, -0.2) is 0 Å². The third-order valence-electron chi connectivity index (χ3n) is 4.25. The SMILES string of the molecule is CC(CC(=O)O)(c1ccccc1Br)N1CCCCCC1. The van der Waals surface area contributed by atoms with E-state index in [1.807, 2.05) is 24.3 Å². The average Bonchev–Trinajstić information content (AvgIpc) is 2.67. The Balaban J connectivity index is 2.38. The van der Waals surface area contributed by atoms with E-state index in [4.69, 9.17) is 0 Å². The number of aliphatic carboxylic acids is 1. The number of halogens is 1. The van der Waals surface area contributed by atoms with Gasteiger partial charge in [0.2, 0.25) is 0 Å². The standard InChI is InChI=1S/C16H22BrNO2/c1-16(12-15(19)20,13-8-4-5-9-14(13)17)18-10-6-2-3-7-11-18/h4-5,8-9H,2-3,6-7,10-12H2,1H3,(H,19,20). The first-order chi connectivity index (χ1) is 9.54. The monoisotopic (exact) mass is 339 g/mol. The number of likely N-dealkylation sites (tertiary alicyclic amines) is 1. The minimum Gasteiger partial charge on any atom is -0.481 e. The van der Waals surface area contributed by atoms with Gasteiger partial charge in [0.25, 0.3) is 0 Å². The van der Waals surface area contributed by atoms with Gasteiger partial charge in [0.1, 0.15) is 0 Å². The summed E-state index contributed by atoms with van der Waals surface area (Å²) >= 11 is 3.59. The average molecular weight is 340 g/mol. The summed E-state index contributed by atoms with van der Waals surface area (Å²) in [7, 11) is 0. The highest BCUT2D eigenvalue weighted by atomic mass is 79.9. The van der Waals surface area contributed by atoms with Crippen molar-refractivity contribution in [1.29, 1.82) is 0 Å². The molecule has 1 atom stereocenters. The molecule has 0 radical (unpaired) electrons. The summed E-state index contributed by atoms with van der Waals surface area (Å²) in [5, 5.41) is 9.36. The summed E-state index contributed by atoms with van der Waals surface area (Å²) in [6.07, 6.45) is 4.93. The molecule has 1 N–H and O–H groups in total. The Bertz CT molecular complexity index is 469. The van der Waals surface area contributed by atoms with Gasteiger partial charge in [-0.15, -0.1) is 0 Å². The number of benzene rings is 1. The topological polar surface area (TPSA) is 40.5 Å². The van der Waals surface area contributed by atoms with Crippen molar-refractivity contribution >= 4 is 21.9 Å². The van der Waals surface area contributed by atoms with Crippen LogP contribution in [0.5, 0.6) is 0 Å². The molecule has 0 spiro atoms. The third-order valence-corrected chi connectivity index (χ3v) is 4.95. The van der Waals surface area contributed by atoms with Crippen LogP contribution in [0.4, 0.5) is 0 Å². The summed E-state index contributed by atoms with van der Waals surface area (Å²) in [5.41, 5.74) is 0.625. The van der Waals surface area contributed by atoms with Crippen LogP contribution in [0.3, 0.4) is 0 Å². The zero-order chi connectivity index (χ0) is 14.6. The second kappa shape index (κ2) is 6.72. The molecule has 0 aliphatic carbocycles. The highest BCUT2D eigenvalue weighted by Gasteiger charge is 2.37. The largest absolute Gasteiger partial charge is 0.481 e. The zero-order valence-electron chi connectivity index (χ0n) is 11.9. The zero-order valence-corrected chi connectivity index (χ0v) is 13.5. The predicted octanol–water partition coefficient (Wildman–Crippen LogP) is 4.02. The molecule has 1 aliphatic heterocycles. The number of hydrogen-bond acceptors (Lipinski definition) is 2. The van der Waals surface area contributed by atoms with Crippen LogP contribution in [-0.2, 0) is 10.3 Å². The molecule has 4 heteroatoms. The van der Waals surface area contributed by atoms with Crippen LogP contribution in [0, 0.1) is 0 Å². The van der Waals surface area contributed by atoms with Gasteiger partial charge in [0, 0.05) is 4.47 Å². The van der Waals surface area contributed by atoms with E-state index >= 15 is 0 Å². The van der Waals surface area contributed by atoms with E-state index in [2.05, 4.69) is 27.8 Å². The van der Waals surface area contributed by atoms with Gasteiger partial charge in [-0.1, -0.05) is 47.0 Å². The Morgan fingerprint density at radius 1 is 1.25 bits per heavy atom. The van der Waals surface area contributed by atoms with Gasteiger partial charge in [0.05, 0.1) is 12.0 Å². The second-order valence-corrected chi connectivity index (χ2v) is 6.58. The maximum Gasteiger partial charge on any atom is 0.305 e. The third kappa shape index (κ3) is 3.41. The van der Waals surface area contributed by atoms with E-state index < -0.39 is 11.5 Å². The highest BCUT2D eigenvalue weighted by Crippen LogP contribution is 2.37. The minimum atomic E-state index is -0.743. The van der Waals surface area contributed by atoms with Crippen LogP contribution in [0.2, 0.25) is 0 Å². The van der Waals surface area contributed by atoms with Crippen molar-refractivity contribution in [2.45, 2.75) is 44.6 Å². The number of carbonyl (C=O) groups is 1. The summed E-state index contributed by atoms with van der Waals surface area (Å²) in [4.78, 5) is 13.7. The molecule has 0 amide bonds. The predicted molar refractivity (Wildman–Crippen MR) is 83.8 cm³/mol. The first kappa shape index (κ1) is 15.5. The van der Waals surface area contributed by atoms with Crippen molar-refractivity contribution in [1.82, 2.24) is 4.90 Å². The van der Waals surface area contributed by atoms with Crippen LogP contribution < -0.4 is 0 Å². The molecule has 1 aromatic carbocycles. The molecule has 1 aromatic rings. The van der Waals surface area contributed by atoms with E-state index in [-0.39, 0.29) is 6.42 Å². The molecule has 1 heterocycles. The maximum absolute atomic E-state index is 11.4. The van der Waals surface area contributed by atoms with Crippen LogP contribution in [0.1, 0.15) is 44.6 Å².